The van der Waals surface area contributed by atoms with E-state index in [1.807, 2.05) is 0 Å². The first kappa shape index (κ1) is 20.3. The first-order valence-corrected chi connectivity index (χ1v) is 9.03. The molecule has 1 N–H and O–H groups in total. The molecular formula is C19H15FN2O6S. The second kappa shape index (κ2) is 8.74. The van der Waals surface area contributed by atoms with Crippen LogP contribution in [-0.2, 0) is 11.4 Å². The SMILES string of the molecule is COc1cc(OCc2c(F)cccc2N=O)cc(OC)c1C=C1SC(=O)NC1=O. The summed E-state index contributed by atoms with van der Waals surface area (Å²) < 4.78 is 30.3. The van der Waals surface area contributed by atoms with Crippen molar-refractivity contribution in [2.75, 3.05) is 14.2 Å². The van der Waals surface area contributed by atoms with Gasteiger partial charge in [-0.2, -0.15) is 0 Å². The van der Waals surface area contributed by atoms with Crippen molar-refractivity contribution < 1.29 is 28.2 Å². The van der Waals surface area contributed by atoms with Crippen molar-refractivity contribution in [2.24, 2.45) is 5.18 Å². The van der Waals surface area contributed by atoms with E-state index >= 15 is 0 Å². The molecule has 2 aromatic rings. The molecule has 150 valence electrons. The fourth-order valence-electron chi connectivity index (χ4n) is 2.62. The molecule has 0 aliphatic carbocycles. The molecule has 29 heavy (non-hydrogen) atoms. The van der Waals surface area contributed by atoms with Crippen molar-refractivity contribution in [1.82, 2.24) is 5.32 Å². The predicted octanol–water partition coefficient (Wildman–Crippen LogP) is 4.14. The molecule has 1 aliphatic heterocycles. The number of hydrogen-bond donors (Lipinski definition) is 1. The predicted molar refractivity (Wildman–Crippen MR) is 105 cm³/mol. The molecular weight excluding hydrogens is 403 g/mol. The van der Waals surface area contributed by atoms with Crippen molar-refractivity contribution in [3.8, 4) is 17.2 Å². The number of amides is 2. The van der Waals surface area contributed by atoms with Crippen molar-refractivity contribution in [3.05, 3.63) is 57.1 Å². The third-order valence-corrected chi connectivity index (χ3v) is 4.82. The van der Waals surface area contributed by atoms with Crippen molar-refractivity contribution in [2.45, 2.75) is 6.61 Å². The summed E-state index contributed by atoms with van der Waals surface area (Å²) in [5.41, 5.74) is 0.388. The molecule has 0 unspecified atom stereocenters. The zero-order valence-electron chi connectivity index (χ0n) is 15.4. The summed E-state index contributed by atoms with van der Waals surface area (Å²) in [6.07, 6.45) is 1.47. The number of benzene rings is 2. The highest BCUT2D eigenvalue weighted by Crippen LogP contribution is 2.38. The second-order valence-electron chi connectivity index (χ2n) is 5.71. The van der Waals surface area contributed by atoms with Gasteiger partial charge < -0.3 is 14.2 Å². The zero-order valence-corrected chi connectivity index (χ0v) is 16.2. The molecule has 1 fully saturated rings. The van der Waals surface area contributed by atoms with E-state index < -0.39 is 17.0 Å². The van der Waals surface area contributed by atoms with Gasteiger partial charge in [0, 0.05) is 12.1 Å². The summed E-state index contributed by atoms with van der Waals surface area (Å²) in [5, 5.41) is 4.50. The summed E-state index contributed by atoms with van der Waals surface area (Å²) in [4.78, 5) is 34.2. The van der Waals surface area contributed by atoms with E-state index in [-0.39, 0.29) is 28.5 Å². The van der Waals surface area contributed by atoms with Gasteiger partial charge in [0.15, 0.2) is 0 Å². The van der Waals surface area contributed by atoms with E-state index in [1.54, 1.807) is 0 Å². The van der Waals surface area contributed by atoms with Crippen molar-refractivity contribution >= 4 is 34.7 Å². The van der Waals surface area contributed by atoms with Crippen molar-refractivity contribution in [3.63, 3.8) is 0 Å². The lowest BCUT2D eigenvalue weighted by molar-refractivity contribution is -0.115. The van der Waals surface area contributed by atoms with Crippen molar-refractivity contribution in [1.29, 1.82) is 0 Å². The minimum absolute atomic E-state index is 0.0177. The quantitative estimate of drug-likeness (QED) is 0.532. The number of nitrogens with zero attached hydrogens (tertiary/aromatic N) is 1. The number of hydrogen-bond acceptors (Lipinski definition) is 8. The fraction of sp³-hybridized carbons (Fsp3) is 0.158. The van der Waals surface area contributed by atoms with Crippen LogP contribution in [0.5, 0.6) is 17.2 Å². The van der Waals surface area contributed by atoms with Crippen LogP contribution in [0.15, 0.2) is 40.4 Å². The van der Waals surface area contributed by atoms with Gasteiger partial charge in [0.25, 0.3) is 11.1 Å². The highest BCUT2D eigenvalue weighted by atomic mass is 32.2. The number of carbonyl (C=O) groups excluding carboxylic acids is 2. The summed E-state index contributed by atoms with van der Waals surface area (Å²) in [7, 11) is 2.83. The number of rotatable bonds is 7. The lowest BCUT2D eigenvalue weighted by Gasteiger charge is -2.15. The molecule has 2 aromatic carbocycles. The van der Waals surface area contributed by atoms with Gasteiger partial charge in [-0.3, -0.25) is 14.9 Å². The van der Waals surface area contributed by atoms with Crippen LogP contribution in [0.1, 0.15) is 11.1 Å². The number of thioether (sulfide) groups is 1. The van der Waals surface area contributed by atoms with Crippen LogP contribution in [0, 0.1) is 10.7 Å². The highest BCUT2D eigenvalue weighted by Gasteiger charge is 2.26. The number of carbonyl (C=O) groups is 2. The van der Waals surface area contributed by atoms with Gasteiger partial charge in [-0.05, 0) is 35.1 Å². The Kier molecular flexibility index (Phi) is 6.13. The maximum Gasteiger partial charge on any atom is 0.290 e. The summed E-state index contributed by atoms with van der Waals surface area (Å²) in [5.74, 6) is -0.238. The lowest BCUT2D eigenvalue weighted by atomic mass is 10.1. The van der Waals surface area contributed by atoms with Gasteiger partial charge in [-0.15, -0.1) is 4.91 Å². The Morgan fingerprint density at radius 3 is 2.41 bits per heavy atom. The maximum atomic E-state index is 14.0. The normalized spacial score (nSPS) is 14.7. The molecule has 0 radical (unpaired) electrons. The number of methoxy groups -OCH3 is 2. The summed E-state index contributed by atoms with van der Waals surface area (Å²) >= 11 is 0.762. The van der Waals surface area contributed by atoms with Crippen LogP contribution in [-0.4, -0.2) is 25.4 Å². The maximum absolute atomic E-state index is 14.0. The monoisotopic (exact) mass is 418 g/mol. The Balaban J connectivity index is 1.93. The number of nitrogens with one attached hydrogen (secondary N) is 1. The number of imide groups is 1. The topological polar surface area (TPSA) is 103 Å². The Labute approximate surface area is 169 Å². The zero-order chi connectivity index (χ0) is 21.0. The van der Waals surface area contributed by atoms with Gasteiger partial charge in [-0.25, -0.2) is 4.39 Å². The average Bonchev–Trinajstić information content (AvgIpc) is 3.03. The molecule has 0 spiro atoms. The van der Waals surface area contributed by atoms with Gasteiger partial charge in [0.1, 0.15) is 35.4 Å². The highest BCUT2D eigenvalue weighted by molar-refractivity contribution is 8.18. The smallest absolute Gasteiger partial charge is 0.290 e. The minimum atomic E-state index is -0.615. The van der Waals surface area contributed by atoms with Crippen LogP contribution in [0.25, 0.3) is 6.08 Å². The van der Waals surface area contributed by atoms with Crippen LogP contribution < -0.4 is 19.5 Å². The second-order valence-corrected chi connectivity index (χ2v) is 6.73. The average molecular weight is 418 g/mol. The van der Waals surface area contributed by atoms with Crippen LogP contribution in [0.2, 0.25) is 0 Å². The Morgan fingerprint density at radius 2 is 1.86 bits per heavy atom. The fourth-order valence-corrected chi connectivity index (χ4v) is 3.29. The molecule has 3 rings (SSSR count). The first-order chi connectivity index (χ1) is 14.0. The third-order valence-electron chi connectivity index (χ3n) is 4.01. The molecule has 1 aliphatic rings. The van der Waals surface area contributed by atoms with Gasteiger partial charge >= 0.3 is 0 Å². The molecule has 0 aromatic heterocycles. The molecule has 2 amide bonds. The molecule has 1 saturated heterocycles. The molecule has 0 saturated carbocycles. The summed E-state index contributed by atoms with van der Waals surface area (Å²) in [6, 6.07) is 7.00. The van der Waals surface area contributed by atoms with E-state index in [0.29, 0.717) is 17.1 Å². The Morgan fingerprint density at radius 1 is 1.17 bits per heavy atom. The first-order valence-electron chi connectivity index (χ1n) is 8.21. The molecule has 10 heteroatoms. The Hall–Kier alpha value is -3.40. The van der Waals surface area contributed by atoms with E-state index in [1.165, 1.54) is 50.6 Å². The molecule has 0 bridgehead atoms. The van der Waals surface area contributed by atoms with Crippen LogP contribution in [0.3, 0.4) is 0 Å². The number of nitroso groups, excluding NO2 is 1. The largest absolute Gasteiger partial charge is 0.496 e. The van der Waals surface area contributed by atoms with E-state index in [2.05, 4.69) is 10.5 Å². The van der Waals surface area contributed by atoms with Gasteiger partial charge in [-0.1, -0.05) is 6.07 Å². The minimum Gasteiger partial charge on any atom is -0.496 e. The van der Waals surface area contributed by atoms with Crippen LogP contribution in [0.4, 0.5) is 14.9 Å². The third kappa shape index (κ3) is 4.37. The lowest BCUT2D eigenvalue weighted by Crippen LogP contribution is -2.17. The Bertz CT molecular complexity index is 999. The number of halogens is 1. The summed E-state index contributed by atoms with van der Waals surface area (Å²) in [6.45, 7) is -0.243. The van der Waals surface area contributed by atoms with Gasteiger partial charge in [0.05, 0.1) is 30.3 Å². The number of ether oxygens (including phenoxy) is 3. The molecule has 1 heterocycles. The van der Waals surface area contributed by atoms with E-state index in [4.69, 9.17) is 14.2 Å². The standard InChI is InChI=1S/C19H15FN2O6S/c1-26-15-6-10(28-9-12-13(20)4-3-5-14(12)22-25)7-16(27-2)11(15)8-17-18(23)21-19(24)29-17/h3-8H,9H2,1-2H3,(H,21,23,24). The molecule has 8 nitrogen and oxygen atoms in total. The van der Waals surface area contributed by atoms with E-state index in [0.717, 1.165) is 11.8 Å². The van der Waals surface area contributed by atoms with E-state index in [9.17, 15) is 18.9 Å². The molecule has 0 atom stereocenters. The van der Waals surface area contributed by atoms with Crippen LogP contribution >= 0.6 is 11.8 Å². The van der Waals surface area contributed by atoms with Gasteiger partial charge in [0.2, 0.25) is 0 Å².